The molecule has 2 nitrogen and oxygen atoms in total. The van der Waals surface area contributed by atoms with Gasteiger partial charge in [-0.3, -0.25) is 4.79 Å². The van der Waals surface area contributed by atoms with E-state index in [9.17, 15) is 9.18 Å². The van der Waals surface area contributed by atoms with Crippen LogP contribution in [0.4, 0.5) is 4.39 Å². The maximum absolute atomic E-state index is 13.1. The minimum atomic E-state index is -0.254. The lowest BCUT2D eigenvalue weighted by Gasteiger charge is -2.24. The van der Waals surface area contributed by atoms with Gasteiger partial charge in [-0.25, -0.2) is 4.39 Å². The second kappa shape index (κ2) is 6.66. The first-order valence-corrected chi connectivity index (χ1v) is 7.49. The molecule has 0 spiro atoms. The Bertz CT molecular complexity index is 568. The molecule has 0 fully saturated rings. The molecule has 0 aliphatic heterocycles. The standard InChI is InChI=1S/C16H18FNOS/c1-12(15-7-4-10-20-15)18(2)16(19)9-8-13-5-3-6-14(17)11-13/h3-7,10-12H,8-9H2,1-2H3. The van der Waals surface area contributed by atoms with Crippen molar-refractivity contribution in [2.75, 3.05) is 7.05 Å². The van der Waals surface area contributed by atoms with Gasteiger partial charge in [-0.05, 0) is 42.5 Å². The molecule has 20 heavy (non-hydrogen) atoms. The van der Waals surface area contributed by atoms with Crippen LogP contribution in [0.15, 0.2) is 41.8 Å². The van der Waals surface area contributed by atoms with Gasteiger partial charge >= 0.3 is 0 Å². The van der Waals surface area contributed by atoms with Gasteiger partial charge in [0.2, 0.25) is 5.91 Å². The predicted octanol–water partition coefficient (Wildman–Crippen LogP) is 4.04. The summed E-state index contributed by atoms with van der Waals surface area (Å²) in [5, 5.41) is 2.01. The summed E-state index contributed by atoms with van der Waals surface area (Å²) in [4.78, 5) is 15.1. The van der Waals surface area contributed by atoms with E-state index in [1.54, 1.807) is 22.3 Å². The average Bonchev–Trinajstić information content (AvgIpc) is 2.97. The molecule has 0 radical (unpaired) electrons. The number of nitrogens with zero attached hydrogens (tertiary/aromatic N) is 1. The fourth-order valence-electron chi connectivity index (χ4n) is 2.06. The molecule has 0 saturated heterocycles. The first-order chi connectivity index (χ1) is 9.58. The van der Waals surface area contributed by atoms with Crippen molar-refractivity contribution in [3.05, 3.63) is 58.0 Å². The lowest BCUT2D eigenvalue weighted by Crippen LogP contribution is -2.29. The fourth-order valence-corrected chi connectivity index (χ4v) is 2.88. The molecular weight excluding hydrogens is 273 g/mol. The van der Waals surface area contributed by atoms with E-state index in [0.717, 1.165) is 5.56 Å². The molecule has 2 aromatic rings. The van der Waals surface area contributed by atoms with Crippen LogP contribution < -0.4 is 0 Å². The van der Waals surface area contributed by atoms with Crippen LogP contribution in [0.25, 0.3) is 0 Å². The van der Waals surface area contributed by atoms with Gasteiger partial charge in [0, 0.05) is 18.3 Å². The van der Waals surface area contributed by atoms with Crippen molar-refractivity contribution in [3.63, 3.8) is 0 Å². The summed E-state index contributed by atoms with van der Waals surface area (Å²) in [6.45, 7) is 2.02. The number of halogens is 1. The number of rotatable bonds is 5. The number of thiophene rings is 1. The third kappa shape index (κ3) is 3.67. The van der Waals surface area contributed by atoms with Gasteiger partial charge in [0.15, 0.2) is 0 Å². The van der Waals surface area contributed by atoms with E-state index in [0.29, 0.717) is 12.8 Å². The Morgan fingerprint density at radius 2 is 2.15 bits per heavy atom. The number of aryl methyl sites for hydroxylation is 1. The van der Waals surface area contributed by atoms with E-state index >= 15 is 0 Å². The van der Waals surface area contributed by atoms with Crippen molar-refractivity contribution < 1.29 is 9.18 Å². The quantitative estimate of drug-likeness (QED) is 0.814. The molecule has 0 bridgehead atoms. The zero-order valence-electron chi connectivity index (χ0n) is 11.7. The monoisotopic (exact) mass is 291 g/mol. The molecule has 1 aromatic heterocycles. The van der Waals surface area contributed by atoms with Gasteiger partial charge in [-0.1, -0.05) is 18.2 Å². The summed E-state index contributed by atoms with van der Waals surface area (Å²) >= 11 is 1.65. The Morgan fingerprint density at radius 1 is 1.35 bits per heavy atom. The highest BCUT2D eigenvalue weighted by Crippen LogP contribution is 2.24. The van der Waals surface area contributed by atoms with Crippen LogP contribution in [0.3, 0.4) is 0 Å². The van der Waals surface area contributed by atoms with E-state index in [-0.39, 0.29) is 17.8 Å². The average molecular weight is 291 g/mol. The van der Waals surface area contributed by atoms with Gasteiger partial charge in [0.25, 0.3) is 0 Å². The van der Waals surface area contributed by atoms with Crippen LogP contribution in [-0.2, 0) is 11.2 Å². The summed E-state index contributed by atoms with van der Waals surface area (Å²) in [5.41, 5.74) is 0.857. The number of carbonyl (C=O) groups excluding carboxylic acids is 1. The van der Waals surface area contributed by atoms with Crippen LogP contribution in [0.2, 0.25) is 0 Å². The Hall–Kier alpha value is -1.68. The maximum Gasteiger partial charge on any atom is 0.223 e. The minimum Gasteiger partial charge on any atom is -0.338 e. The van der Waals surface area contributed by atoms with Gasteiger partial charge in [0.05, 0.1) is 6.04 Å². The number of benzene rings is 1. The molecule has 1 atom stereocenters. The Labute approximate surface area is 122 Å². The van der Waals surface area contributed by atoms with Gasteiger partial charge in [-0.2, -0.15) is 0 Å². The van der Waals surface area contributed by atoms with E-state index in [2.05, 4.69) is 0 Å². The van der Waals surface area contributed by atoms with Crippen molar-refractivity contribution in [1.82, 2.24) is 4.90 Å². The third-order valence-corrected chi connectivity index (χ3v) is 4.49. The fraction of sp³-hybridized carbons (Fsp3) is 0.312. The number of carbonyl (C=O) groups is 1. The summed E-state index contributed by atoms with van der Waals surface area (Å²) in [7, 11) is 1.82. The highest BCUT2D eigenvalue weighted by Gasteiger charge is 2.17. The van der Waals surface area contributed by atoms with Crippen molar-refractivity contribution in [2.24, 2.45) is 0 Å². The van der Waals surface area contributed by atoms with Gasteiger partial charge in [0.1, 0.15) is 5.82 Å². The molecule has 0 N–H and O–H groups in total. The molecule has 1 heterocycles. The highest BCUT2D eigenvalue weighted by atomic mass is 32.1. The van der Waals surface area contributed by atoms with Crippen LogP contribution in [0, 0.1) is 5.82 Å². The summed E-state index contributed by atoms with van der Waals surface area (Å²) in [6, 6.07) is 10.5. The number of hydrogen-bond donors (Lipinski definition) is 0. The molecule has 0 saturated carbocycles. The Kier molecular flexibility index (Phi) is 4.90. The van der Waals surface area contributed by atoms with Crippen LogP contribution in [-0.4, -0.2) is 17.9 Å². The number of amides is 1. The third-order valence-electron chi connectivity index (χ3n) is 3.45. The summed E-state index contributed by atoms with van der Waals surface area (Å²) < 4.78 is 13.1. The van der Waals surface area contributed by atoms with Crippen molar-refractivity contribution in [1.29, 1.82) is 0 Å². The summed E-state index contributed by atoms with van der Waals surface area (Å²) in [5.74, 6) is -0.176. The first-order valence-electron chi connectivity index (χ1n) is 6.61. The molecule has 1 unspecified atom stereocenters. The van der Waals surface area contributed by atoms with E-state index in [1.807, 2.05) is 37.6 Å². The molecule has 2 rings (SSSR count). The molecule has 4 heteroatoms. The zero-order valence-corrected chi connectivity index (χ0v) is 12.5. The molecule has 106 valence electrons. The Morgan fingerprint density at radius 3 is 2.80 bits per heavy atom. The molecule has 1 aromatic carbocycles. The van der Waals surface area contributed by atoms with E-state index in [4.69, 9.17) is 0 Å². The van der Waals surface area contributed by atoms with Gasteiger partial charge in [-0.15, -0.1) is 11.3 Å². The topological polar surface area (TPSA) is 20.3 Å². The molecule has 1 amide bonds. The second-order valence-electron chi connectivity index (χ2n) is 4.83. The zero-order chi connectivity index (χ0) is 14.5. The van der Waals surface area contributed by atoms with Crippen LogP contribution >= 0.6 is 11.3 Å². The maximum atomic E-state index is 13.1. The predicted molar refractivity (Wildman–Crippen MR) is 80.2 cm³/mol. The minimum absolute atomic E-state index is 0.0787. The lowest BCUT2D eigenvalue weighted by atomic mass is 10.1. The Balaban J connectivity index is 1.91. The van der Waals surface area contributed by atoms with Gasteiger partial charge < -0.3 is 4.90 Å². The molecule has 0 aliphatic rings. The van der Waals surface area contributed by atoms with Crippen LogP contribution in [0.5, 0.6) is 0 Å². The first kappa shape index (κ1) is 14.7. The van der Waals surface area contributed by atoms with Crippen molar-refractivity contribution >= 4 is 17.2 Å². The SMILES string of the molecule is CC(c1cccs1)N(C)C(=O)CCc1cccc(F)c1. The van der Waals surface area contributed by atoms with Crippen molar-refractivity contribution in [2.45, 2.75) is 25.8 Å². The van der Waals surface area contributed by atoms with E-state index < -0.39 is 0 Å². The molecular formula is C16H18FNOS. The summed E-state index contributed by atoms with van der Waals surface area (Å²) in [6.07, 6.45) is 0.966. The van der Waals surface area contributed by atoms with Crippen LogP contribution in [0.1, 0.15) is 29.8 Å². The smallest absolute Gasteiger partial charge is 0.223 e. The highest BCUT2D eigenvalue weighted by molar-refractivity contribution is 7.10. The van der Waals surface area contributed by atoms with E-state index in [1.165, 1.54) is 17.0 Å². The second-order valence-corrected chi connectivity index (χ2v) is 5.81. The lowest BCUT2D eigenvalue weighted by molar-refractivity contribution is -0.131. The normalized spacial score (nSPS) is 12.2. The molecule has 0 aliphatic carbocycles. The number of hydrogen-bond acceptors (Lipinski definition) is 2. The van der Waals surface area contributed by atoms with Crippen molar-refractivity contribution in [3.8, 4) is 0 Å². The largest absolute Gasteiger partial charge is 0.338 e.